The molecule has 0 saturated carbocycles. The number of nitriles is 1. The van der Waals surface area contributed by atoms with E-state index in [2.05, 4.69) is 16.3 Å². The maximum atomic E-state index is 12.8. The molecule has 0 aliphatic carbocycles. The van der Waals surface area contributed by atoms with Gasteiger partial charge in [-0.3, -0.25) is 9.20 Å². The first-order chi connectivity index (χ1) is 12.8. The molecule has 0 bridgehead atoms. The Kier molecular flexibility index (Phi) is 4.20. The monoisotopic (exact) mass is 343 g/mol. The third kappa shape index (κ3) is 2.84. The van der Waals surface area contributed by atoms with Gasteiger partial charge in [-0.25, -0.2) is 0 Å². The number of nitrogens with zero attached hydrogens (tertiary/aromatic N) is 5. The van der Waals surface area contributed by atoms with Crippen LogP contribution in [0.1, 0.15) is 35.8 Å². The number of rotatable bonds is 3. The maximum absolute atomic E-state index is 12.8. The highest BCUT2D eigenvalue weighted by atomic mass is 16.2. The van der Waals surface area contributed by atoms with Gasteiger partial charge in [0.2, 0.25) is 5.91 Å². The van der Waals surface area contributed by atoms with Crippen LogP contribution in [0.2, 0.25) is 0 Å². The molecule has 2 aromatic heterocycles. The molecule has 1 fully saturated rings. The van der Waals surface area contributed by atoms with Crippen LogP contribution in [0.3, 0.4) is 0 Å². The summed E-state index contributed by atoms with van der Waals surface area (Å²) >= 11 is 0. The third-order valence-corrected chi connectivity index (χ3v) is 4.66. The molecule has 1 aliphatic rings. The number of carbonyl (C=O) groups is 1. The summed E-state index contributed by atoms with van der Waals surface area (Å²) < 4.78 is 1.94. The molecule has 0 N–H and O–H groups in total. The highest BCUT2D eigenvalue weighted by Gasteiger charge is 2.32. The number of amides is 1. The number of likely N-dealkylation sites (tertiary alicyclic amines) is 1. The van der Waals surface area contributed by atoms with Crippen LogP contribution in [0.4, 0.5) is 0 Å². The second-order valence-corrected chi connectivity index (χ2v) is 6.21. The smallest absolute Gasteiger partial charge is 0.247 e. The van der Waals surface area contributed by atoms with E-state index in [0.29, 0.717) is 12.1 Å². The van der Waals surface area contributed by atoms with Crippen molar-refractivity contribution in [1.29, 1.82) is 5.26 Å². The number of benzene rings is 1. The second kappa shape index (κ2) is 6.81. The average molecular weight is 343 g/mol. The molecule has 1 saturated heterocycles. The minimum absolute atomic E-state index is 0.0760. The normalized spacial score (nSPS) is 17.0. The largest absolute Gasteiger partial charge is 0.329 e. The van der Waals surface area contributed by atoms with Crippen LogP contribution < -0.4 is 0 Å². The predicted molar refractivity (Wildman–Crippen MR) is 96.9 cm³/mol. The number of hydrogen-bond donors (Lipinski definition) is 0. The van der Waals surface area contributed by atoms with E-state index in [0.717, 1.165) is 29.9 Å². The second-order valence-electron chi connectivity index (χ2n) is 6.21. The highest BCUT2D eigenvalue weighted by Crippen LogP contribution is 2.31. The Morgan fingerprint density at radius 1 is 1.19 bits per heavy atom. The Hall–Kier alpha value is -3.46. The van der Waals surface area contributed by atoms with Crippen LogP contribution >= 0.6 is 0 Å². The summed E-state index contributed by atoms with van der Waals surface area (Å²) in [5.74, 6) is 0.713. The molecule has 0 radical (unpaired) electrons. The minimum atomic E-state index is -0.0873. The Balaban J connectivity index is 1.59. The van der Waals surface area contributed by atoms with Crippen molar-refractivity contribution in [2.45, 2.75) is 18.9 Å². The standard InChI is InChI=1S/C20H17N5O/c21-14-16-7-2-1-6-15(16)10-11-19(26)24-13-5-8-17(24)20-23-22-18-9-3-4-12-25(18)20/h1-4,6-7,9-12,17H,5,8,13H2/b11-10+. The molecule has 3 aromatic rings. The highest BCUT2D eigenvalue weighted by molar-refractivity contribution is 5.92. The number of aromatic nitrogens is 3. The molecule has 1 aliphatic heterocycles. The zero-order chi connectivity index (χ0) is 17.9. The van der Waals surface area contributed by atoms with E-state index >= 15 is 0 Å². The van der Waals surface area contributed by atoms with Gasteiger partial charge in [-0.15, -0.1) is 10.2 Å². The van der Waals surface area contributed by atoms with Gasteiger partial charge in [-0.2, -0.15) is 5.26 Å². The van der Waals surface area contributed by atoms with E-state index in [1.165, 1.54) is 6.08 Å². The van der Waals surface area contributed by atoms with Gasteiger partial charge in [-0.05, 0) is 42.7 Å². The molecule has 26 heavy (non-hydrogen) atoms. The summed E-state index contributed by atoms with van der Waals surface area (Å²) in [7, 11) is 0. The summed E-state index contributed by atoms with van der Waals surface area (Å²) in [4.78, 5) is 14.6. The van der Waals surface area contributed by atoms with Crippen molar-refractivity contribution < 1.29 is 4.79 Å². The molecular weight excluding hydrogens is 326 g/mol. The van der Waals surface area contributed by atoms with E-state index in [-0.39, 0.29) is 11.9 Å². The lowest BCUT2D eigenvalue weighted by Crippen LogP contribution is -2.30. The zero-order valence-electron chi connectivity index (χ0n) is 14.1. The van der Waals surface area contributed by atoms with E-state index in [9.17, 15) is 4.79 Å². The topological polar surface area (TPSA) is 74.3 Å². The molecule has 3 heterocycles. The van der Waals surface area contributed by atoms with Crippen LogP contribution in [0.5, 0.6) is 0 Å². The van der Waals surface area contributed by atoms with Crippen molar-refractivity contribution in [3.05, 3.63) is 71.7 Å². The Morgan fingerprint density at radius 3 is 2.92 bits per heavy atom. The molecule has 4 rings (SSSR count). The molecule has 0 spiro atoms. The Labute approximate surface area is 151 Å². The van der Waals surface area contributed by atoms with Gasteiger partial charge in [0.15, 0.2) is 11.5 Å². The van der Waals surface area contributed by atoms with E-state index in [4.69, 9.17) is 5.26 Å². The first-order valence-corrected chi connectivity index (χ1v) is 8.55. The Bertz CT molecular complexity index is 1030. The fraction of sp³-hybridized carbons (Fsp3) is 0.200. The van der Waals surface area contributed by atoms with Gasteiger partial charge < -0.3 is 4.90 Å². The van der Waals surface area contributed by atoms with Crippen molar-refractivity contribution in [3.63, 3.8) is 0 Å². The van der Waals surface area contributed by atoms with Crippen molar-refractivity contribution in [2.24, 2.45) is 0 Å². The van der Waals surface area contributed by atoms with Gasteiger partial charge in [0.05, 0.1) is 17.7 Å². The number of pyridine rings is 1. The van der Waals surface area contributed by atoms with Crippen LogP contribution in [-0.2, 0) is 4.79 Å². The lowest BCUT2D eigenvalue weighted by Gasteiger charge is -2.22. The number of hydrogen-bond acceptors (Lipinski definition) is 4. The van der Waals surface area contributed by atoms with Crippen LogP contribution in [0.15, 0.2) is 54.7 Å². The quantitative estimate of drug-likeness (QED) is 0.685. The molecule has 1 atom stereocenters. The SMILES string of the molecule is N#Cc1ccccc1/C=C/C(=O)N1CCCC1c1nnc2ccccn12. The van der Waals surface area contributed by atoms with Crippen LogP contribution in [0.25, 0.3) is 11.7 Å². The van der Waals surface area contributed by atoms with Gasteiger partial charge >= 0.3 is 0 Å². The molecule has 1 amide bonds. The summed E-state index contributed by atoms with van der Waals surface area (Å²) in [6.07, 6.45) is 6.96. The fourth-order valence-electron chi connectivity index (χ4n) is 3.39. The van der Waals surface area contributed by atoms with Gasteiger partial charge in [0.25, 0.3) is 0 Å². The summed E-state index contributed by atoms with van der Waals surface area (Å²) in [6.45, 7) is 0.690. The van der Waals surface area contributed by atoms with E-state index in [1.807, 2.05) is 51.9 Å². The zero-order valence-corrected chi connectivity index (χ0v) is 14.1. The van der Waals surface area contributed by atoms with Crippen LogP contribution in [-0.4, -0.2) is 31.9 Å². The minimum Gasteiger partial charge on any atom is -0.329 e. The third-order valence-electron chi connectivity index (χ3n) is 4.66. The predicted octanol–water partition coefficient (Wildman–Crippen LogP) is 2.98. The number of carbonyl (C=O) groups excluding carboxylic acids is 1. The van der Waals surface area contributed by atoms with Crippen molar-refractivity contribution in [3.8, 4) is 6.07 Å². The molecule has 1 aromatic carbocycles. The lowest BCUT2D eigenvalue weighted by atomic mass is 10.1. The molecule has 6 nitrogen and oxygen atoms in total. The maximum Gasteiger partial charge on any atom is 0.247 e. The van der Waals surface area contributed by atoms with E-state index < -0.39 is 0 Å². The summed E-state index contributed by atoms with van der Waals surface area (Å²) in [5.41, 5.74) is 2.07. The van der Waals surface area contributed by atoms with E-state index in [1.54, 1.807) is 12.1 Å². The molecule has 1 unspecified atom stereocenters. The van der Waals surface area contributed by atoms with Crippen molar-refractivity contribution in [2.75, 3.05) is 6.54 Å². The van der Waals surface area contributed by atoms with Crippen LogP contribution in [0, 0.1) is 11.3 Å². The fourth-order valence-corrected chi connectivity index (χ4v) is 3.39. The number of fused-ring (bicyclic) bond motifs is 1. The first kappa shape index (κ1) is 16.0. The lowest BCUT2D eigenvalue weighted by molar-refractivity contribution is -0.127. The average Bonchev–Trinajstić information content (AvgIpc) is 3.32. The van der Waals surface area contributed by atoms with Gasteiger partial charge in [0.1, 0.15) is 0 Å². The summed E-state index contributed by atoms with van der Waals surface area (Å²) in [5, 5.41) is 17.7. The molecule has 6 heteroatoms. The van der Waals surface area contributed by atoms with Gasteiger partial charge in [-0.1, -0.05) is 24.3 Å². The van der Waals surface area contributed by atoms with Crippen molar-refractivity contribution >= 4 is 17.6 Å². The Morgan fingerprint density at radius 2 is 2.04 bits per heavy atom. The summed E-state index contributed by atoms with van der Waals surface area (Å²) in [6, 6.07) is 15.0. The van der Waals surface area contributed by atoms with Gasteiger partial charge in [0, 0.05) is 18.8 Å². The molecular formula is C20H17N5O. The van der Waals surface area contributed by atoms with Crippen molar-refractivity contribution in [1.82, 2.24) is 19.5 Å². The first-order valence-electron chi connectivity index (χ1n) is 8.55. The molecule has 128 valence electrons.